The average Bonchev–Trinajstić information content (AvgIpc) is 2.49. The Bertz CT molecular complexity index is 163. The molecule has 2 aliphatic heterocycles. The quantitative estimate of drug-likeness (QED) is 0.533. The summed E-state index contributed by atoms with van der Waals surface area (Å²) in [6.45, 7) is 7.47. The van der Waals surface area contributed by atoms with Crippen LogP contribution >= 0.6 is 22.9 Å². The molecular weight excluding hydrogens is 263 g/mol. The molecule has 12 heavy (non-hydrogen) atoms. The molecule has 2 fully saturated rings. The zero-order valence-electron chi connectivity index (χ0n) is 7.67. The summed E-state index contributed by atoms with van der Waals surface area (Å²) < 4.78 is 2.53. The van der Waals surface area contributed by atoms with Gasteiger partial charge in [0.15, 0.2) is 0 Å². The number of piperidine rings is 1. The minimum absolute atomic E-state index is 0.860. The minimum Gasteiger partial charge on any atom is -0.302 e. The molecule has 2 aliphatic rings. The highest BCUT2D eigenvalue weighted by molar-refractivity contribution is 14.1. The third-order valence-electron chi connectivity index (χ3n) is 3.24. The number of likely N-dealkylation sites (N-methyl/N-ethyl adjacent to an activating group) is 1. The van der Waals surface area contributed by atoms with Gasteiger partial charge in [-0.25, -0.2) is 3.11 Å². The molecular formula is C9H17IN2. The molecule has 0 amide bonds. The van der Waals surface area contributed by atoms with Gasteiger partial charge >= 0.3 is 0 Å². The number of hydrogen-bond donors (Lipinski definition) is 0. The first-order valence-electron chi connectivity index (χ1n) is 4.96. The molecule has 70 valence electrons. The number of rotatable bonds is 1. The van der Waals surface area contributed by atoms with Crippen molar-refractivity contribution in [3.63, 3.8) is 0 Å². The van der Waals surface area contributed by atoms with Gasteiger partial charge in [-0.05, 0) is 25.3 Å². The van der Waals surface area contributed by atoms with Crippen LogP contribution in [0.2, 0.25) is 0 Å². The molecule has 0 aliphatic carbocycles. The summed E-state index contributed by atoms with van der Waals surface area (Å²) in [6, 6.07) is 0.860. The third-order valence-corrected chi connectivity index (χ3v) is 4.43. The van der Waals surface area contributed by atoms with Gasteiger partial charge in [0.2, 0.25) is 0 Å². The van der Waals surface area contributed by atoms with E-state index in [1.54, 1.807) is 0 Å². The van der Waals surface area contributed by atoms with Gasteiger partial charge in [0.05, 0.1) is 0 Å². The lowest BCUT2D eigenvalue weighted by Gasteiger charge is -2.31. The summed E-state index contributed by atoms with van der Waals surface area (Å²) in [5.74, 6) is 0.968. The molecule has 2 rings (SSSR count). The van der Waals surface area contributed by atoms with Crippen LogP contribution in [-0.2, 0) is 0 Å². The fourth-order valence-electron chi connectivity index (χ4n) is 2.47. The maximum atomic E-state index is 2.59. The molecule has 0 bridgehead atoms. The molecule has 2 saturated heterocycles. The highest BCUT2D eigenvalue weighted by Gasteiger charge is 2.37. The van der Waals surface area contributed by atoms with Crippen molar-refractivity contribution in [3.05, 3.63) is 0 Å². The van der Waals surface area contributed by atoms with Crippen LogP contribution < -0.4 is 0 Å². The average molecular weight is 280 g/mol. The summed E-state index contributed by atoms with van der Waals surface area (Å²) in [7, 11) is 0. The van der Waals surface area contributed by atoms with Crippen LogP contribution in [0.15, 0.2) is 0 Å². The van der Waals surface area contributed by atoms with Crippen molar-refractivity contribution in [2.45, 2.75) is 25.8 Å². The smallest absolute Gasteiger partial charge is 0.0361 e. The predicted molar refractivity (Wildman–Crippen MR) is 59.4 cm³/mol. The zero-order chi connectivity index (χ0) is 8.55. The predicted octanol–water partition coefficient (Wildman–Crippen LogP) is 1.75. The molecule has 0 radical (unpaired) electrons. The van der Waals surface area contributed by atoms with Gasteiger partial charge in [0.1, 0.15) is 0 Å². The highest BCUT2D eigenvalue weighted by atomic mass is 127. The van der Waals surface area contributed by atoms with Crippen LogP contribution in [0, 0.1) is 5.92 Å². The number of hydrogen-bond acceptors (Lipinski definition) is 2. The van der Waals surface area contributed by atoms with Crippen LogP contribution in [0.4, 0.5) is 0 Å². The van der Waals surface area contributed by atoms with E-state index >= 15 is 0 Å². The summed E-state index contributed by atoms with van der Waals surface area (Å²) in [6.07, 6.45) is 2.86. The first-order valence-corrected chi connectivity index (χ1v) is 5.92. The molecule has 0 aromatic heterocycles. The Labute approximate surface area is 88.8 Å². The normalized spacial score (nSPS) is 38.5. The lowest BCUT2D eigenvalue weighted by atomic mass is 9.94. The van der Waals surface area contributed by atoms with Gasteiger partial charge in [-0.1, -0.05) is 6.92 Å². The number of fused-ring (bicyclic) bond motifs is 1. The van der Waals surface area contributed by atoms with Crippen molar-refractivity contribution >= 4 is 22.9 Å². The second kappa shape index (κ2) is 3.80. The van der Waals surface area contributed by atoms with Crippen LogP contribution in [0.5, 0.6) is 0 Å². The summed E-state index contributed by atoms with van der Waals surface area (Å²) in [5.41, 5.74) is 0. The van der Waals surface area contributed by atoms with Gasteiger partial charge in [-0.2, -0.15) is 0 Å². The topological polar surface area (TPSA) is 6.48 Å². The molecule has 2 atom stereocenters. The standard InChI is InChI=1S/C9H17IN2/c1-2-11-6-8-4-3-5-12(10)9(8)7-11/h8-9H,2-7H2,1H3. The number of nitrogens with zero attached hydrogens (tertiary/aromatic N) is 2. The second-order valence-corrected chi connectivity index (χ2v) is 5.18. The Balaban J connectivity index is 1.99. The Morgan fingerprint density at radius 2 is 2.25 bits per heavy atom. The SMILES string of the molecule is CCN1CC2CCCN(I)C2C1. The third kappa shape index (κ3) is 1.63. The summed E-state index contributed by atoms with van der Waals surface area (Å²) in [5, 5.41) is 0. The van der Waals surface area contributed by atoms with Gasteiger partial charge in [-0.3, -0.25) is 0 Å². The van der Waals surface area contributed by atoms with Crippen molar-refractivity contribution < 1.29 is 0 Å². The maximum absolute atomic E-state index is 2.59. The minimum atomic E-state index is 0.860. The van der Waals surface area contributed by atoms with Crippen LogP contribution in [0.1, 0.15) is 19.8 Å². The lowest BCUT2D eigenvalue weighted by Crippen LogP contribution is -2.38. The van der Waals surface area contributed by atoms with E-state index in [4.69, 9.17) is 0 Å². The fraction of sp³-hybridized carbons (Fsp3) is 1.00. The van der Waals surface area contributed by atoms with E-state index < -0.39 is 0 Å². The molecule has 0 aromatic carbocycles. The van der Waals surface area contributed by atoms with Crippen molar-refractivity contribution in [1.29, 1.82) is 0 Å². The van der Waals surface area contributed by atoms with E-state index in [1.165, 1.54) is 39.0 Å². The van der Waals surface area contributed by atoms with Crippen LogP contribution in [0.25, 0.3) is 0 Å². The van der Waals surface area contributed by atoms with Gasteiger partial charge in [-0.15, -0.1) is 0 Å². The van der Waals surface area contributed by atoms with E-state index in [-0.39, 0.29) is 0 Å². The monoisotopic (exact) mass is 280 g/mol. The number of likely N-dealkylation sites (tertiary alicyclic amines) is 1. The van der Waals surface area contributed by atoms with Crippen molar-refractivity contribution in [3.8, 4) is 0 Å². The molecule has 0 N–H and O–H groups in total. The summed E-state index contributed by atoms with van der Waals surface area (Å²) >= 11 is 2.51. The van der Waals surface area contributed by atoms with Crippen molar-refractivity contribution in [2.75, 3.05) is 26.2 Å². The van der Waals surface area contributed by atoms with E-state index in [1.807, 2.05) is 0 Å². The zero-order valence-corrected chi connectivity index (χ0v) is 9.83. The van der Waals surface area contributed by atoms with E-state index in [2.05, 4.69) is 37.8 Å². The summed E-state index contributed by atoms with van der Waals surface area (Å²) in [4.78, 5) is 2.59. The highest BCUT2D eigenvalue weighted by Crippen LogP contribution is 2.32. The van der Waals surface area contributed by atoms with Gasteiger partial charge in [0, 0.05) is 48.5 Å². The second-order valence-electron chi connectivity index (χ2n) is 3.95. The largest absolute Gasteiger partial charge is 0.302 e. The number of halogens is 1. The molecule has 0 spiro atoms. The maximum Gasteiger partial charge on any atom is 0.0361 e. The first-order chi connectivity index (χ1) is 5.81. The van der Waals surface area contributed by atoms with Crippen LogP contribution in [0.3, 0.4) is 0 Å². The molecule has 2 heterocycles. The molecule has 2 unspecified atom stereocenters. The molecule has 0 aromatic rings. The van der Waals surface area contributed by atoms with Gasteiger partial charge in [0.25, 0.3) is 0 Å². The Kier molecular flexibility index (Phi) is 2.92. The van der Waals surface area contributed by atoms with E-state index in [0.717, 1.165) is 12.0 Å². The lowest BCUT2D eigenvalue weighted by molar-refractivity contribution is 0.254. The molecule has 2 nitrogen and oxygen atoms in total. The fourth-order valence-corrected chi connectivity index (χ4v) is 3.44. The van der Waals surface area contributed by atoms with Crippen molar-refractivity contribution in [2.24, 2.45) is 5.92 Å². The van der Waals surface area contributed by atoms with Crippen LogP contribution in [-0.4, -0.2) is 40.2 Å². The van der Waals surface area contributed by atoms with E-state index in [9.17, 15) is 0 Å². The van der Waals surface area contributed by atoms with Crippen molar-refractivity contribution in [1.82, 2.24) is 8.01 Å². The Morgan fingerprint density at radius 3 is 2.92 bits per heavy atom. The van der Waals surface area contributed by atoms with Gasteiger partial charge < -0.3 is 4.90 Å². The Hall–Kier alpha value is 0.650. The Morgan fingerprint density at radius 1 is 1.42 bits per heavy atom. The first kappa shape index (κ1) is 9.21. The molecule has 0 saturated carbocycles. The van der Waals surface area contributed by atoms with E-state index in [0.29, 0.717) is 0 Å². The molecule has 3 heteroatoms.